The maximum absolute atomic E-state index is 12.2. The van der Waals surface area contributed by atoms with Crippen molar-refractivity contribution in [3.63, 3.8) is 0 Å². The summed E-state index contributed by atoms with van der Waals surface area (Å²) in [6.45, 7) is 0.691. The number of rotatable bonds is 5. The van der Waals surface area contributed by atoms with Gasteiger partial charge in [0.1, 0.15) is 5.75 Å². The molecule has 0 radical (unpaired) electrons. The third kappa shape index (κ3) is 3.91. The Balaban J connectivity index is 1.72. The van der Waals surface area contributed by atoms with Crippen LogP contribution in [-0.2, 0) is 16.0 Å². The van der Waals surface area contributed by atoms with Crippen molar-refractivity contribution in [2.75, 3.05) is 29.6 Å². The fraction of sp³-hybridized carbons (Fsp3) is 0.263. The highest BCUT2D eigenvalue weighted by Gasteiger charge is 2.24. The summed E-state index contributed by atoms with van der Waals surface area (Å²) in [5, 5.41) is 2.85. The number of carbonyl (C=O) groups is 2. The van der Waals surface area contributed by atoms with E-state index < -0.39 is 0 Å². The van der Waals surface area contributed by atoms with E-state index in [2.05, 4.69) is 5.32 Å². The highest BCUT2D eigenvalue weighted by atomic mass is 16.5. The topological polar surface area (TPSA) is 84.7 Å². The lowest BCUT2D eigenvalue weighted by Gasteiger charge is -2.19. The zero-order chi connectivity index (χ0) is 17.8. The van der Waals surface area contributed by atoms with Gasteiger partial charge in [0.25, 0.3) is 0 Å². The van der Waals surface area contributed by atoms with E-state index in [4.69, 9.17) is 10.5 Å². The van der Waals surface area contributed by atoms with Crippen LogP contribution in [0.5, 0.6) is 5.75 Å². The molecule has 3 rings (SSSR count). The van der Waals surface area contributed by atoms with Crippen LogP contribution in [0.2, 0.25) is 0 Å². The van der Waals surface area contributed by atoms with Crippen molar-refractivity contribution in [2.45, 2.75) is 19.3 Å². The van der Waals surface area contributed by atoms with Gasteiger partial charge in [0.05, 0.1) is 19.2 Å². The number of nitrogens with two attached hydrogens (primary N) is 1. The van der Waals surface area contributed by atoms with Crippen LogP contribution in [-0.4, -0.2) is 25.5 Å². The van der Waals surface area contributed by atoms with Gasteiger partial charge in [-0.25, -0.2) is 0 Å². The number of carbonyl (C=O) groups excluding carboxylic acids is 2. The number of nitrogens with zero attached hydrogens (tertiary/aromatic N) is 1. The van der Waals surface area contributed by atoms with Gasteiger partial charge >= 0.3 is 0 Å². The van der Waals surface area contributed by atoms with Crippen molar-refractivity contribution in [3.05, 3.63) is 48.0 Å². The first-order valence-electron chi connectivity index (χ1n) is 8.19. The molecule has 0 aliphatic carbocycles. The summed E-state index contributed by atoms with van der Waals surface area (Å²) in [7, 11) is 1.55. The Hall–Kier alpha value is -3.02. The normalized spacial score (nSPS) is 13.8. The molecule has 1 fully saturated rings. The quantitative estimate of drug-likeness (QED) is 0.820. The standard InChI is InChI=1S/C19H21N3O3/c1-25-17-12-15(7-8-16(17)22-9-3-6-19(22)24)21-18(23)11-13-4-2-5-14(20)10-13/h2,4-5,7-8,10,12H,3,6,9,11,20H2,1H3,(H,21,23). The number of methoxy groups -OCH3 is 1. The van der Waals surface area contributed by atoms with Crippen LogP contribution in [0.1, 0.15) is 18.4 Å². The monoisotopic (exact) mass is 339 g/mol. The van der Waals surface area contributed by atoms with Crippen LogP contribution >= 0.6 is 0 Å². The molecule has 6 nitrogen and oxygen atoms in total. The second-order valence-corrected chi connectivity index (χ2v) is 6.01. The average molecular weight is 339 g/mol. The number of amides is 2. The number of nitrogens with one attached hydrogen (secondary N) is 1. The van der Waals surface area contributed by atoms with Crippen molar-refractivity contribution >= 4 is 28.9 Å². The minimum absolute atomic E-state index is 0.0942. The van der Waals surface area contributed by atoms with Gasteiger partial charge < -0.3 is 20.7 Å². The summed E-state index contributed by atoms with van der Waals surface area (Å²) >= 11 is 0. The molecule has 1 aliphatic rings. The number of hydrogen-bond donors (Lipinski definition) is 2. The Morgan fingerprint density at radius 3 is 2.80 bits per heavy atom. The summed E-state index contributed by atoms with van der Waals surface area (Å²) in [6, 6.07) is 12.6. The molecule has 0 spiro atoms. The van der Waals surface area contributed by atoms with Crippen LogP contribution in [0, 0.1) is 0 Å². The van der Waals surface area contributed by atoms with Gasteiger partial charge in [-0.1, -0.05) is 12.1 Å². The van der Waals surface area contributed by atoms with Crippen LogP contribution in [0.25, 0.3) is 0 Å². The fourth-order valence-electron chi connectivity index (χ4n) is 2.97. The van der Waals surface area contributed by atoms with Gasteiger partial charge in [-0.3, -0.25) is 9.59 Å². The van der Waals surface area contributed by atoms with Gasteiger partial charge in [-0.15, -0.1) is 0 Å². The molecule has 1 heterocycles. The lowest BCUT2D eigenvalue weighted by molar-refractivity contribution is -0.117. The average Bonchev–Trinajstić information content (AvgIpc) is 3.00. The first-order valence-corrected chi connectivity index (χ1v) is 8.19. The number of benzene rings is 2. The smallest absolute Gasteiger partial charge is 0.228 e. The third-order valence-electron chi connectivity index (χ3n) is 4.14. The first kappa shape index (κ1) is 16.8. The predicted octanol–water partition coefficient (Wildman–Crippen LogP) is 2.59. The number of nitrogen functional groups attached to an aromatic ring is 1. The molecule has 2 aromatic carbocycles. The molecular weight excluding hydrogens is 318 g/mol. The maximum atomic E-state index is 12.2. The van der Waals surface area contributed by atoms with Gasteiger partial charge in [-0.2, -0.15) is 0 Å². The molecule has 3 N–H and O–H groups in total. The van der Waals surface area contributed by atoms with E-state index in [-0.39, 0.29) is 18.2 Å². The summed E-state index contributed by atoms with van der Waals surface area (Å²) in [5.41, 5.74) is 8.57. The SMILES string of the molecule is COc1cc(NC(=O)Cc2cccc(N)c2)ccc1N1CCCC1=O. The van der Waals surface area contributed by atoms with E-state index in [1.54, 1.807) is 42.3 Å². The lowest BCUT2D eigenvalue weighted by Crippen LogP contribution is -2.24. The Labute approximate surface area is 146 Å². The molecule has 0 atom stereocenters. The van der Waals surface area contributed by atoms with Crippen LogP contribution in [0.3, 0.4) is 0 Å². The zero-order valence-electron chi connectivity index (χ0n) is 14.1. The molecule has 1 aliphatic heterocycles. The highest BCUT2D eigenvalue weighted by Crippen LogP contribution is 2.33. The number of hydrogen-bond acceptors (Lipinski definition) is 4. The van der Waals surface area contributed by atoms with E-state index in [1.807, 2.05) is 12.1 Å². The van der Waals surface area contributed by atoms with Gasteiger partial charge in [0.2, 0.25) is 11.8 Å². The summed E-state index contributed by atoms with van der Waals surface area (Å²) in [5.74, 6) is 0.520. The van der Waals surface area contributed by atoms with Gasteiger partial charge in [0.15, 0.2) is 0 Å². The largest absolute Gasteiger partial charge is 0.494 e. The Kier molecular flexibility index (Phi) is 4.88. The lowest BCUT2D eigenvalue weighted by atomic mass is 10.1. The van der Waals surface area contributed by atoms with E-state index in [0.717, 1.165) is 17.7 Å². The number of anilines is 3. The fourth-order valence-corrected chi connectivity index (χ4v) is 2.97. The molecule has 2 aromatic rings. The van der Waals surface area contributed by atoms with E-state index in [1.165, 1.54) is 0 Å². The number of ether oxygens (including phenoxy) is 1. The third-order valence-corrected chi connectivity index (χ3v) is 4.14. The maximum Gasteiger partial charge on any atom is 0.228 e. The molecule has 2 amide bonds. The van der Waals surface area contributed by atoms with E-state index >= 15 is 0 Å². The molecule has 25 heavy (non-hydrogen) atoms. The van der Waals surface area contributed by atoms with Crippen LogP contribution < -0.4 is 20.7 Å². The van der Waals surface area contributed by atoms with Crippen molar-refractivity contribution in [1.82, 2.24) is 0 Å². The minimum Gasteiger partial charge on any atom is -0.494 e. The Morgan fingerprint density at radius 2 is 2.12 bits per heavy atom. The molecule has 130 valence electrons. The van der Waals surface area contributed by atoms with Gasteiger partial charge in [-0.05, 0) is 36.2 Å². The van der Waals surface area contributed by atoms with Crippen LogP contribution in [0.15, 0.2) is 42.5 Å². The first-order chi connectivity index (χ1) is 12.1. The molecule has 1 saturated heterocycles. The van der Waals surface area contributed by atoms with Crippen LogP contribution in [0.4, 0.5) is 17.1 Å². The molecule has 0 bridgehead atoms. The van der Waals surface area contributed by atoms with E-state index in [0.29, 0.717) is 30.1 Å². The summed E-state index contributed by atoms with van der Waals surface area (Å²) in [6.07, 6.45) is 1.64. The van der Waals surface area contributed by atoms with Gasteiger partial charge in [0, 0.05) is 30.4 Å². The Bertz CT molecular complexity index is 804. The molecule has 0 unspecified atom stereocenters. The summed E-state index contributed by atoms with van der Waals surface area (Å²) in [4.78, 5) is 25.9. The molecule has 0 saturated carbocycles. The second-order valence-electron chi connectivity index (χ2n) is 6.01. The predicted molar refractivity (Wildman–Crippen MR) is 97.8 cm³/mol. The second kappa shape index (κ2) is 7.25. The molecule has 0 aromatic heterocycles. The summed E-state index contributed by atoms with van der Waals surface area (Å²) < 4.78 is 5.40. The van der Waals surface area contributed by atoms with Crippen molar-refractivity contribution in [3.8, 4) is 5.75 Å². The molecular formula is C19H21N3O3. The molecule has 6 heteroatoms. The van der Waals surface area contributed by atoms with E-state index in [9.17, 15) is 9.59 Å². The van der Waals surface area contributed by atoms with Crippen molar-refractivity contribution < 1.29 is 14.3 Å². The minimum atomic E-state index is -0.141. The zero-order valence-corrected chi connectivity index (χ0v) is 14.1. The highest BCUT2D eigenvalue weighted by molar-refractivity contribution is 5.98. The Morgan fingerprint density at radius 1 is 1.28 bits per heavy atom. The van der Waals surface area contributed by atoms with Crippen molar-refractivity contribution in [1.29, 1.82) is 0 Å². The van der Waals surface area contributed by atoms with Crippen molar-refractivity contribution in [2.24, 2.45) is 0 Å².